The van der Waals surface area contributed by atoms with Crippen molar-refractivity contribution in [2.45, 2.75) is 19.9 Å². The summed E-state index contributed by atoms with van der Waals surface area (Å²) in [5.74, 6) is 0.818. The van der Waals surface area contributed by atoms with E-state index in [1.54, 1.807) is 6.20 Å². The summed E-state index contributed by atoms with van der Waals surface area (Å²) in [5.41, 5.74) is 7.54. The maximum atomic E-state index is 5.88. The van der Waals surface area contributed by atoms with Crippen molar-refractivity contribution in [2.24, 2.45) is 5.73 Å². The number of hydrogen-bond acceptors (Lipinski definition) is 6. The van der Waals surface area contributed by atoms with Crippen molar-refractivity contribution in [3.05, 3.63) is 29.7 Å². The van der Waals surface area contributed by atoms with Crippen molar-refractivity contribution in [1.82, 2.24) is 15.1 Å². The lowest BCUT2D eigenvalue weighted by atomic mass is 10.2. The van der Waals surface area contributed by atoms with E-state index in [0.717, 1.165) is 5.56 Å². The van der Waals surface area contributed by atoms with Gasteiger partial charge in [-0.15, -0.1) is 0 Å². The number of aromatic nitrogens is 3. The smallest absolute Gasteiger partial charge is 0.276 e. The molecule has 0 aliphatic carbocycles. The molecule has 18 heavy (non-hydrogen) atoms. The van der Waals surface area contributed by atoms with Crippen molar-refractivity contribution in [3.63, 3.8) is 0 Å². The van der Waals surface area contributed by atoms with Crippen LogP contribution in [0.3, 0.4) is 0 Å². The van der Waals surface area contributed by atoms with Gasteiger partial charge in [0.15, 0.2) is 5.82 Å². The van der Waals surface area contributed by atoms with Crippen LogP contribution in [0.1, 0.15) is 24.4 Å². The molecule has 0 amide bonds. The van der Waals surface area contributed by atoms with Gasteiger partial charge in [-0.3, -0.25) is 4.98 Å². The van der Waals surface area contributed by atoms with Crippen LogP contribution in [0.25, 0.3) is 11.6 Å². The number of nitrogens with zero attached hydrogens (tertiary/aromatic N) is 3. The van der Waals surface area contributed by atoms with Crippen molar-refractivity contribution >= 4 is 0 Å². The van der Waals surface area contributed by atoms with Crippen LogP contribution in [0, 0.1) is 6.92 Å². The molecule has 0 fully saturated rings. The van der Waals surface area contributed by atoms with E-state index in [9.17, 15) is 0 Å². The topological polar surface area (TPSA) is 87.1 Å². The second kappa shape index (κ2) is 5.70. The van der Waals surface area contributed by atoms with Gasteiger partial charge in [-0.05, 0) is 25.5 Å². The van der Waals surface area contributed by atoms with E-state index in [1.807, 2.05) is 26.0 Å². The fourth-order valence-electron chi connectivity index (χ4n) is 1.51. The summed E-state index contributed by atoms with van der Waals surface area (Å²) in [7, 11) is 0. The SMILES string of the molecule is CCOCC(N)c1noc(-c2ncccc2C)n1. The number of aryl methyl sites for hydroxylation is 1. The second-order valence-corrected chi connectivity index (χ2v) is 3.89. The summed E-state index contributed by atoms with van der Waals surface area (Å²) in [6.45, 7) is 4.83. The van der Waals surface area contributed by atoms with Gasteiger partial charge in [-0.25, -0.2) is 0 Å². The highest BCUT2D eigenvalue weighted by Crippen LogP contribution is 2.19. The molecule has 2 N–H and O–H groups in total. The lowest BCUT2D eigenvalue weighted by molar-refractivity contribution is 0.130. The molecule has 2 heterocycles. The van der Waals surface area contributed by atoms with Crippen LogP contribution in [-0.4, -0.2) is 28.3 Å². The number of rotatable bonds is 5. The first-order valence-corrected chi connectivity index (χ1v) is 5.81. The van der Waals surface area contributed by atoms with E-state index in [2.05, 4.69) is 15.1 Å². The van der Waals surface area contributed by atoms with Crippen molar-refractivity contribution in [2.75, 3.05) is 13.2 Å². The third-order valence-corrected chi connectivity index (χ3v) is 2.49. The quantitative estimate of drug-likeness (QED) is 0.862. The largest absolute Gasteiger partial charge is 0.380 e. The highest BCUT2D eigenvalue weighted by molar-refractivity contribution is 5.51. The normalized spacial score (nSPS) is 12.6. The third-order valence-electron chi connectivity index (χ3n) is 2.49. The van der Waals surface area contributed by atoms with E-state index >= 15 is 0 Å². The average Bonchev–Trinajstić information content (AvgIpc) is 2.86. The molecule has 2 aromatic rings. The molecule has 6 heteroatoms. The first-order valence-electron chi connectivity index (χ1n) is 5.81. The molecule has 1 atom stereocenters. The molecular weight excluding hydrogens is 232 g/mol. The van der Waals surface area contributed by atoms with Crippen LogP contribution in [0.2, 0.25) is 0 Å². The number of nitrogens with two attached hydrogens (primary N) is 1. The van der Waals surface area contributed by atoms with Crippen molar-refractivity contribution in [3.8, 4) is 11.6 Å². The van der Waals surface area contributed by atoms with Crippen LogP contribution < -0.4 is 5.73 Å². The predicted molar refractivity (Wildman–Crippen MR) is 65.7 cm³/mol. The Bertz CT molecular complexity index is 512. The molecule has 96 valence electrons. The lowest BCUT2D eigenvalue weighted by Gasteiger charge is -2.05. The fraction of sp³-hybridized carbons (Fsp3) is 0.417. The first-order chi connectivity index (χ1) is 8.72. The van der Waals surface area contributed by atoms with Gasteiger partial charge in [0.05, 0.1) is 12.6 Å². The summed E-state index contributed by atoms with van der Waals surface area (Å²) < 4.78 is 10.4. The zero-order valence-electron chi connectivity index (χ0n) is 10.5. The average molecular weight is 248 g/mol. The number of hydrogen-bond donors (Lipinski definition) is 1. The van der Waals surface area contributed by atoms with Gasteiger partial charge in [0.1, 0.15) is 5.69 Å². The van der Waals surface area contributed by atoms with E-state index in [4.69, 9.17) is 15.0 Å². The molecule has 0 bridgehead atoms. The van der Waals surface area contributed by atoms with E-state index in [1.165, 1.54) is 0 Å². The predicted octanol–water partition coefficient (Wildman–Crippen LogP) is 1.48. The van der Waals surface area contributed by atoms with Gasteiger partial charge in [0.25, 0.3) is 5.89 Å². The lowest BCUT2D eigenvalue weighted by Crippen LogP contribution is -2.18. The molecule has 6 nitrogen and oxygen atoms in total. The minimum atomic E-state index is -0.383. The summed E-state index contributed by atoms with van der Waals surface area (Å²) in [4.78, 5) is 8.46. The van der Waals surface area contributed by atoms with Gasteiger partial charge in [-0.1, -0.05) is 11.2 Å². The molecule has 2 aromatic heterocycles. The molecular formula is C12H16N4O2. The van der Waals surface area contributed by atoms with Gasteiger partial charge in [-0.2, -0.15) is 4.98 Å². The second-order valence-electron chi connectivity index (χ2n) is 3.89. The standard InChI is InChI=1S/C12H16N4O2/c1-3-17-7-9(13)11-15-12(18-16-11)10-8(2)5-4-6-14-10/h4-6,9H,3,7,13H2,1-2H3. The Kier molecular flexibility index (Phi) is 4.01. The molecule has 0 saturated carbocycles. The first kappa shape index (κ1) is 12.7. The Morgan fingerprint density at radius 3 is 3.06 bits per heavy atom. The van der Waals surface area contributed by atoms with Gasteiger partial charge in [0.2, 0.25) is 0 Å². The molecule has 0 saturated heterocycles. The Morgan fingerprint density at radius 2 is 2.33 bits per heavy atom. The molecule has 0 aliphatic rings. The van der Waals surface area contributed by atoms with Crippen LogP contribution in [0.4, 0.5) is 0 Å². The number of pyridine rings is 1. The van der Waals surface area contributed by atoms with Gasteiger partial charge in [0, 0.05) is 12.8 Å². The maximum Gasteiger partial charge on any atom is 0.276 e. The molecule has 2 rings (SSSR count). The summed E-state index contributed by atoms with van der Waals surface area (Å²) >= 11 is 0. The Labute approximate surface area is 105 Å². The zero-order valence-corrected chi connectivity index (χ0v) is 10.5. The maximum absolute atomic E-state index is 5.88. The van der Waals surface area contributed by atoms with Crippen LogP contribution in [0.15, 0.2) is 22.9 Å². The molecule has 0 radical (unpaired) electrons. The summed E-state index contributed by atoms with van der Waals surface area (Å²) in [6.07, 6.45) is 1.69. The van der Waals surface area contributed by atoms with Crippen molar-refractivity contribution < 1.29 is 9.26 Å². The molecule has 1 unspecified atom stereocenters. The van der Waals surface area contributed by atoms with E-state index in [-0.39, 0.29) is 6.04 Å². The van der Waals surface area contributed by atoms with Crippen LogP contribution in [0.5, 0.6) is 0 Å². The summed E-state index contributed by atoms with van der Waals surface area (Å²) in [6, 6.07) is 3.41. The van der Waals surface area contributed by atoms with Gasteiger partial charge >= 0.3 is 0 Å². The zero-order chi connectivity index (χ0) is 13.0. The van der Waals surface area contributed by atoms with E-state index < -0.39 is 0 Å². The highest BCUT2D eigenvalue weighted by Gasteiger charge is 2.17. The monoisotopic (exact) mass is 248 g/mol. The molecule has 0 aliphatic heterocycles. The number of ether oxygens (including phenoxy) is 1. The van der Waals surface area contributed by atoms with Gasteiger partial charge < -0.3 is 15.0 Å². The van der Waals surface area contributed by atoms with E-state index in [0.29, 0.717) is 30.6 Å². The third kappa shape index (κ3) is 2.72. The minimum Gasteiger partial charge on any atom is -0.380 e. The summed E-state index contributed by atoms with van der Waals surface area (Å²) in [5, 5.41) is 3.86. The Morgan fingerprint density at radius 1 is 1.50 bits per heavy atom. The molecule has 0 spiro atoms. The Balaban J connectivity index is 2.18. The highest BCUT2D eigenvalue weighted by atomic mass is 16.5. The van der Waals surface area contributed by atoms with Crippen LogP contribution >= 0.6 is 0 Å². The molecule has 0 aromatic carbocycles. The Hall–Kier alpha value is -1.79. The minimum absolute atomic E-state index is 0.372. The fourth-order valence-corrected chi connectivity index (χ4v) is 1.51. The van der Waals surface area contributed by atoms with Crippen LogP contribution in [-0.2, 0) is 4.74 Å². The van der Waals surface area contributed by atoms with Crippen molar-refractivity contribution in [1.29, 1.82) is 0 Å².